The molecule has 2 aromatic heterocycles. The summed E-state index contributed by atoms with van der Waals surface area (Å²) in [6, 6.07) is 10.3. The summed E-state index contributed by atoms with van der Waals surface area (Å²) in [4.78, 5) is 13.7. The number of pyridine rings is 1. The maximum atomic E-state index is 5.75. The summed E-state index contributed by atoms with van der Waals surface area (Å²) in [7, 11) is 0. The van der Waals surface area contributed by atoms with Gasteiger partial charge in [-0.1, -0.05) is 29.8 Å². The van der Waals surface area contributed by atoms with Crippen LogP contribution in [0.2, 0.25) is 0 Å². The molecule has 4 rings (SSSR count). The normalized spacial score (nSPS) is 17.6. The number of rotatable bonds is 4. The zero-order valence-corrected chi connectivity index (χ0v) is 14.2. The second kappa shape index (κ2) is 7.13. The van der Waals surface area contributed by atoms with E-state index in [1.54, 1.807) is 12.4 Å². The Morgan fingerprint density at radius 1 is 1.20 bits per heavy atom. The largest absolute Gasteiger partial charge is 0.374 e. The number of morpholine rings is 1. The van der Waals surface area contributed by atoms with Gasteiger partial charge in [0.2, 0.25) is 0 Å². The number of aryl methyl sites for hydroxylation is 1. The van der Waals surface area contributed by atoms with Gasteiger partial charge in [-0.05, 0) is 13.0 Å². The van der Waals surface area contributed by atoms with Gasteiger partial charge in [0, 0.05) is 37.6 Å². The molecule has 25 heavy (non-hydrogen) atoms. The van der Waals surface area contributed by atoms with Crippen LogP contribution in [0.4, 0.5) is 5.82 Å². The first-order valence-electron chi connectivity index (χ1n) is 8.54. The molecular formula is C19H21N5O. The van der Waals surface area contributed by atoms with Gasteiger partial charge in [0.15, 0.2) is 5.82 Å². The van der Waals surface area contributed by atoms with Crippen LogP contribution in [0, 0.1) is 6.92 Å². The molecule has 1 atom stereocenters. The Kier molecular flexibility index (Phi) is 4.54. The van der Waals surface area contributed by atoms with Crippen molar-refractivity contribution in [3.63, 3.8) is 0 Å². The Hall–Kier alpha value is -2.57. The van der Waals surface area contributed by atoms with Crippen molar-refractivity contribution in [2.45, 2.75) is 13.0 Å². The Bertz CT molecular complexity index is 859. The number of hydrogen-bond donors (Lipinski definition) is 2. The number of aromatic nitrogens is 3. The first-order valence-corrected chi connectivity index (χ1v) is 8.54. The van der Waals surface area contributed by atoms with E-state index in [0.717, 1.165) is 47.8 Å². The van der Waals surface area contributed by atoms with Crippen LogP contribution in [0.5, 0.6) is 0 Å². The summed E-state index contributed by atoms with van der Waals surface area (Å²) in [6.07, 6.45) is 3.53. The highest BCUT2D eigenvalue weighted by Crippen LogP contribution is 2.25. The summed E-state index contributed by atoms with van der Waals surface area (Å²) in [5.74, 6) is 0.746. The molecule has 0 unspecified atom stereocenters. The minimum atomic E-state index is 0.130. The van der Waals surface area contributed by atoms with Crippen LogP contribution in [0.15, 0.2) is 42.7 Å². The lowest BCUT2D eigenvalue weighted by Gasteiger charge is -2.24. The van der Waals surface area contributed by atoms with E-state index in [9.17, 15) is 0 Å². The average Bonchev–Trinajstić information content (AvgIpc) is 2.67. The number of anilines is 1. The molecule has 1 aliphatic rings. The maximum absolute atomic E-state index is 5.75. The molecule has 1 fully saturated rings. The molecule has 0 saturated carbocycles. The molecule has 3 heterocycles. The van der Waals surface area contributed by atoms with E-state index in [1.807, 2.05) is 6.07 Å². The highest BCUT2D eigenvalue weighted by atomic mass is 16.5. The molecule has 6 heteroatoms. The third-order valence-electron chi connectivity index (χ3n) is 4.31. The summed E-state index contributed by atoms with van der Waals surface area (Å²) in [5.41, 5.74) is 4.79. The second-order valence-corrected chi connectivity index (χ2v) is 6.22. The van der Waals surface area contributed by atoms with Crippen molar-refractivity contribution in [1.29, 1.82) is 0 Å². The summed E-state index contributed by atoms with van der Waals surface area (Å²) < 4.78 is 5.75. The van der Waals surface area contributed by atoms with Crippen molar-refractivity contribution in [2.24, 2.45) is 0 Å². The highest BCUT2D eigenvalue weighted by molar-refractivity contribution is 5.88. The third-order valence-corrected chi connectivity index (χ3v) is 4.31. The second-order valence-electron chi connectivity index (χ2n) is 6.22. The van der Waals surface area contributed by atoms with Crippen molar-refractivity contribution in [3.05, 3.63) is 48.3 Å². The van der Waals surface area contributed by atoms with E-state index in [1.165, 1.54) is 5.56 Å². The fourth-order valence-corrected chi connectivity index (χ4v) is 2.93. The van der Waals surface area contributed by atoms with Gasteiger partial charge in [-0.2, -0.15) is 0 Å². The van der Waals surface area contributed by atoms with Gasteiger partial charge in [0.05, 0.1) is 23.9 Å². The Labute approximate surface area is 146 Å². The number of nitrogens with one attached hydrogen (secondary N) is 2. The molecule has 0 spiro atoms. The molecule has 6 nitrogen and oxygen atoms in total. The Morgan fingerprint density at radius 2 is 2.04 bits per heavy atom. The minimum absolute atomic E-state index is 0.130. The maximum Gasteiger partial charge on any atom is 0.154 e. The summed E-state index contributed by atoms with van der Waals surface area (Å²) >= 11 is 0. The first kappa shape index (κ1) is 15.9. The molecule has 128 valence electrons. The predicted molar refractivity (Wildman–Crippen MR) is 98.6 cm³/mol. The van der Waals surface area contributed by atoms with E-state index in [2.05, 4.69) is 51.8 Å². The minimum Gasteiger partial charge on any atom is -0.374 e. The van der Waals surface area contributed by atoms with Crippen LogP contribution >= 0.6 is 0 Å². The number of ether oxygens (including phenoxy) is 1. The van der Waals surface area contributed by atoms with E-state index >= 15 is 0 Å². The standard InChI is InChI=1S/C19H21N5O/c1-13-2-4-14(5-3-13)16-10-17-18(22-7-6-21-17)19(24-16)23-12-15-11-20-8-9-25-15/h2-7,10,15,20H,8-9,11-12H2,1H3,(H,23,24)/t15-/m1/s1. The third kappa shape index (κ3) is 3.60. The van der Waals surface area contributed by atoms with E-state index in [0.29, 0.717) is 6.54 Å². The van der Waals surface area contributed by atoms with Gasteiger partial charge in [0.25, 0.3) is 0 Å². The van der Waals surface area contributed by atoms with Crippen LogP contribution in [-0.4, -0.2) is 47.3 Å². The smallest absolute Gasteiger partial charge is 0.154 e. The zero-order chi connectivity index (χ0) is 17.1. The molecule has 0 bridgehead atoms. The van der Waals surface area contributed by atoms with E-state index < -0.39 is 0 Å². The monoisotopic (exact) mass is 335 g/mol. The molecule has 1 saturated heterocycles. The fourth-order valence-electron chi connectivity index (χ4n) is 2.93. The van der Waals surface area contributed by atoms with Gasteiger partial charge in [-0.25, -0.2) is 9.97 Å². The van der Waals surface area contributed by atoms with Crippen LogP contribution in [0.1, 0.15) is 5.56 Å². The van der Waals surface area contributed by atoms with Crippen LogP contribution in [0.25, 0.3) is 22.3 Å². The number of nitrogens with zero attached hydrogens (tertiary/aromatic N) is 3. The number of hydrogen-bond acceptors (Lipinski definition) is 6. The van der Waals surface area contributed by atoms with Gasteiger partial charge in [-0.3, -0.25) is 4.98 Å². The average molecular weight is 335 g/mol. The molecule has 3 aromatic rings. The van der Waals surface area contributed by atoms with Crippen LogP contribution < -0.4 is 10.6 Å². The van der Waals surface area contributed by atoms with Crippen molar-refractivity contribution in [1.82, 2.24) is 20.3 Å². The SMILES string of the molecule is Cc1ccc(-c2cc3nccnc3c(NC[C@H]3CNCCO3)n2)cc1. The van der Waals surface area contributed by atoms with Gasteiger partial charge in [0.1, 0.15) is 5.52 Å². The van der Waals surface area contributed by atoms with Crippen molar-refractivity contribution in [3.8, 4) is 11.3 Å². The van der Waals surface area contributed by atoms with E-state index in [-0.39, 0.29) is 6.10 Å². The molecule has 0 amide bonds. The van der Waals surface area contributed by atoms with Gasteiger partial charge in [-0.15, -0.1) is 0 Å². The molecule has 2 N–H and O–H groups in total. The van der Waals surface area contributed by atoms with Crippen LogP contribution in [0.3, 0.4) is 0 Å². The lowest BCUT2D eigenvalue weighted by molar-refractivity contribution is 0.0372. The van der Waals surface area contributed by atoms with Crippen molar-refractivity contribution < 1.29 is 4.74 Å². The Balaban J connectivity index is 1.67. The quantitative estimate of drug-likeness (QED) is 0.763. The van der Waals surface area contributed by atoms with E-state index in [4.69, 9.17) is 9.72 Å². The van der Waals surface area contributed by atoms with Gasteiger partial charge >= 0.3 is 0 Å². The Morgan fingerprint density at radius 3 is 2.84 bits per heavy atom. The molecule has 1 aromatic carbocycles. The summed E-state index contributed by atoms with van der Waals surface area (Å²) in [6.45, 7) is 5.25. The fraction of sp³-hybridized carbons (Fsp3) is 0.316. The highest BCUT2D eigenvalue weighted by Gasteiger charge is 2.15. The lowest BCUT2D eigenvalue weighted by Crippen LogP contribution is -2.42. The van der Waals surface area contributed by atoms with Crippen LogP contribution in [-0.2, 0) is 4.74 Å². The van der Waals surface area contributed by atoms with Crippen molar-refractivity contribution in [2.75, 3.05) is 31.6 Å². The lowest BCUT2D eigenvalue weighted by atomic mass is 10.1. The first-order chi connectivity index (χ1) is 12.3. The number of benzene rings is 1. The van der Waals surface area contributed by atoms with Gasteiger partial charge < -0.3 is 15.4 Å². The molecular weight excluding hydrogens is 314 g/mol. The number of fused-ring (bicyclic) bond motifs is 1. The zero-order valence-electron chi connectivity index (χ0n) is 14.2. The topological polar surface area (TPSA) is 72.0 Å². The molecule has 0 radical (unpaired) electrons. The summed E-state index contributed by atoms with van der Waals surface area (Å²) in [5, 5.41) is 6.74. The van der Waals surface area contributed by atoms with Crippen molar-refractivity contribution >= 4 is 16.9 Å². The molecule has 1 aliphatic heterocycles. The predicted octanol–water partition coefficient (Wildman–Crippen LogP) is 2.40. The molecule has 0 aliphatic carbocycles.